The van der Waals surface area contributed by atoms with Gasteiger partial charge in [0, 0.05) is 28.9 Å². The fraction of sp³-hybridized carbons (Fsp3) is 0.406. The number of benzene rings is 2. The van der Waals surface area contributed by atoms with Crippen LogP contribution in [0.25, 0.3) is 0 Å². The molecule has 0 spiro atoms. The molecule has 6 rings (SSSR count). The minimum Gasteiger partial charge on any atom is -0.491 e. The maximum atomic E-state index is 14.3. The van der Waals surface area contributed by atoms with E-state index in [4.69, 9.17) is 4.74 Å². The summed E-state index contributed by atoms with van der Waals surface area (Å²) in [5, 5.41) is 18.3. The predicted molar refractivity (Wildman–Crippen MR) is 162 cm³/mol. The first-order chi connectivity index (χ1) is 20.1. The van der Waals surface area contributed by atoms with Crippen molar-refractivity contribution >= 4 is 39.7 Å². The molecule has 3 aliphatic rings. The molecule has 0 bridgehead atoms. The first-order valence-corrected chi connectivity index (χ1v) is 15.5. The SMILES string of the molecule is O=C(Nc1ccc2c(c1)CCC2)C(C1=CCCCC1)N(C(=O)c1csc(NC2CC2)n1)c1cccc(OCCO)c1. The quantitative estimate of drug-likeness (QED) is 0.254. The fourth-order valence-corrected chi connectivity index (χ4v) is 6.42. The average Bonchev–Trinajstić information content (AvgIpc) is 3.47. The number of carbonyl (C=O) groups is 2. The van der Waals surface area contributed by atoms with Crippen LogP contribution in [0, 0.1) is 0 Å². The summed E-state index contributed by atoms with van der Waals surface area (Å²) in [5.74, 6) is -0.0817. The van der Waals surface area contributed by atoms with E-state index in [9.17, 15) is 14.7 Å². The molecule has 1 fully saturated rings. The number of aliphatic hydroxyl groups excluding tert-OH is 1. The molecule has 2 aromatic carbocycles. The van der Waals surface area contributed by atoms with Crippen molar-refractivity contribution in [1.29, 1.82) is 0 Å². The van der Waals surface area contributed by atoms with Crippen LogP contribution < -0.4 is 20.3 Å². The summed E-state index contributed by atoms with van der Waals surface area (Å²) in [5.41, 5.74) is 5.12. The number of hydrogen-bond donors (Lipinski definition) is 3. The molecule has 0 radical (unpaired) electrons. The highest BCUT2D eigenvalue weighted by Crippen LogP contribution is 2.34. The molecule has 1 saturated carbocycles. The van der Waals surface area contributed by atoms with Crippen LogP contribution in [-0.4, -0.2) is 47.2 Å². The Morgan fingerprint density at radius 2 is 1.95 bits per heavy atom. The van der Waals surface area contributed by atoms with Gasteiger partial charge in [-0.25, -0.2) is 4.98 Å². The average molecular weight is 573 g/mol. The standard InChI is InChI=1S/C32H36N4O4S/c37-16-17-40-27-11-5-10-26(19-27)36(31(39)28-20-41-32(35-28)34-24-14-15-24)29(22-6-2-1-3-7-22)30(38)33-25-13-12-21-8-4-9-23(21)18-25/h5-6,10-13,18-20,24,29,37H,1-4,7-9,14-17H2,(H,33,38)(H,34,35). The second kappa shape index (κ2) is 12.4. The van der Waals surface area contributed by atoms with Crippen molar-refractivity contribution in [3.63, 3.8) is 0 Å². The lowest BCUT2D eigenvalue weighted by Crippen LogP contribution is -2.49. The second-order valence-electron chi connectivity index (χ2n) is 11.0. The summed E-state index contributed by atoms with van der Waals surface area (Å²) >= 11 is 1.41. The molecule has 3 aromatic rings. The van der Waals surface area contributed by atoms with Gasteiger partial charge in [-0.15, -0.1) is 11.3 Å². The third-order valence-electron chi connectivity index (χ3n) is 7.85. The third-order valence-corrected chi connectivity index (χ3v) is 8.63. The van der Waals surface area contributed by atoms with Gasteiger partial charge in [0.15, 0.2) is 5.13 Å². The van der Waals surface area contributed by atoms with E-state index in [1.165, 1.54) is 22.5 Å². The lowest BCUT2D eigenvalue weighted by atomic mass is 9.91. The van der Waals surface area contributed by atoms with Gasteiger partial charge in [0.05, 0.1) is 6.61 Å². The van der Waals surface area contributed by atoms with Crippen molar-refractivity contribution in [3.05, 3.63) is 76.3 Å². The second-order valence-corrected chi connectivity index (χ2v) is 11.8. The van der Waals surface area contributed by atoms with Crippen LogP contribution in [0.3, 0.4) is 0 Å². The first-order valence-electron chi connectivity index (χ1n) is 14.6. The number of aryl methyl sites for hydroxylation is 2. The topological polar surface area (TPSA) is 104 Å². The molecule has 1 heterocycles. The normalized spacial score (nSPS) is 16.9. The van der Waals surface area contributed by atoms with Crippen molar-refractivity contribution in [2.75, 3.05) is 28.7 Å². The van der Waals surface area contributed by atoms with Crippen LogP contribution in [-0.2, 0) is 17.6 Å². The zero-order valence-electron chi connectivity index (χ0n) is 23.1. The monoisotopic (exact) mass is 572 g/mol. The summed E-state index contributed by atoms with van der Waals surface area (Å²) in [6, 6.07) is 12.8. The summed E-state index contributed by atoms with van der Waals surface area (Å²) in [6.45, 7) is 0.00817. The molecule has 3 N–H and O–H groups in total. The lowest BCUT2D eigenvalue weighted by molar-refractivity contribution is -0.116. The maximum absolute atomic E-state index is 14.3. The minimum atomic E-state index is -0.856. The number of carbonyl (C=O) groups excluding carboxylic acids is 2. The van der Waals surface area contributed by atoms with Gasteiger partial charge < -0.3 is 20.5 Å². The van der Waals surface area contributed by atoms with Gasteiger partial charge >= 0.3 is 0 Å². The van der Waals surface area contributed by atoms with E-state index in [0.29, 0.717) is 28.3 Å². The molecule has 9 heteroatoms. The highest BCUT2D eigenvalue weighted by molar-refractivity contribution is 7.13. The van der Waals surface area contributed by atoms with Gasteiger partial charge in [-0.05, 0) is 98.8 Å². The number of amides is 2. The van der Waals surface area contributed by atoms with Gasteiger partial charge in [-0.1, -0.05) is 18.2 Å². The molecule has 0 saturated heterocycles. The first kappa shape index (κ1) is 27.5. The molecular weight excluding hydrogens is 536 g/mol. The molecule has 1 aromatic heterocycles. The number of fused-ring (bicyclic) bond motifs is 1. The Morgan fingerprint density at radius 3 is 2.76 bits per heavy atom. The molecule has 41 heavy (non-hydrogen) atoms. The van der Waals surface area contributed by atoms with Gasteiger partial charge in [-0.3, -0.25) is 14.5 Å². The van der Waals surface area contributed by atoms with E-state index in [2.05, 4.69) is 33.8 Å². The number of aromatic nitrogens is 1. The lowest BCUT2D eigenvalue weighted by Gasteiger charge is -2.33. The van der Waals surface area contributed by atoms with Crippen molar-refractivity contribution in [1.82, 2.24) is 4.98 Å². The Balaban J connectivity index is 1.38. The van der Waals surface area contributed by atoms with Crippen LogP contribution in [0.2, 0.25) is 0 Å². The molecule has 0 aliphatic heterocycles. The number of anilines is 3. The zero-order chi connectivity index (χ0) is 28.2. The van der Waals surface area contributed by atoms with Crippen molar-refractivity contribution in [2.24, 2.45) is 0 Å². The van der Waals surface area contributed by atoms with Gasteiger partial charge in [0.1, 0.15) is 24.1 Å². The Labute approximate surface area is 244 Å². The molecule has 1 atom stereocenters. The Kier molecular flexibility index (Phi) is 8.34. The molecule has 2 amide bonds. The van der Waals surface area contributed by atoms with Crippen molar-refractivity contribution < 1.29 is 19.4 Å². The van der Waals surface area contributed by atoms with Gasteiger partial charge in [-0.2, -0.15) is 0 Å². The molecule has 214 valence electrons. The Hall–Kier alpha value is -3.69. The summed E-state index contributed by atoms with van der Waals surface area (Å²) < 4.78 is 5.68. The van der Waals surface area contributed by atoms with Crippen LogP contribution in [0.5, 0.6) is 5.75 Å². The number of rotatable bonds is 11. The minimum absolute atomic E-state index is 0.124. The number of allylic oxidation sites excluding steroid dienone is 1. The van der Waals surface area contributed by atoms with Crippen LogP contribution in [0.15, 0.2) is 59.5 Å². The van der Waals surface area contributed by atoms with Crippen LogP contribution in [0.4, 0.5) is 16.5 Å². The summed E-state index contributed by atoms with van der Waals surface area (Å²) in [6.07, 6.45) is 11.2. The van der Waals surface area contributed by atoms with E-state index >= 15 is 0 Å². The molecular formula is C32H36N4O4S. The van der Waals surface area contributed by atoms with Crippen LogP contribution >= 0.6 is 11.3 Å². The number of nitrogens with one attached hydrogen (secondary N) is 2. The third kappa shape index (κ3) is 6.47. The molecule has 1 unspecified atom stereocenters. The predicted octanol–water partition coefficient (Wildman–Crippen LogP) is 5.73. The summed E-state index contributed by atoms with van der Waals surface area (Å²) in [4.78, 5) is 34.8. The largest absolute Gasteiger partial charge is 0.491 e. The fourth-order valence-electron chi connectivity index (χ4n) is 5.66. The molecule has 3 aliphatic carbocycles. The van der Waals surface area contributed by atoms with Gasteiger partial charge in [0.2, 0.25) is 0 Å². The molecule has 8 nitrogen and oxygen atoms in total. The van der Waals surface area contributed by atoms with E-state index in [-0.39, 0.29) is 25.0 Å². The number of ether oxygens (including phenoxy) is 1. The van der Waals surface area contributed by atoms with E-state index in [1.807, 2.05) is 12.1 Å². The van der Waals surface area contributed by atoms with E-state index in [1.54, 1.807) is 28.5 Å². The number of aliphatic hydroxyl groups is 1. The summed E-state index contributed by atoms with van der Waals surface area (Å²) in [7, 11) is 0. The van der Waals surface area contributed by atoms with Crippen molar-refractivity contribution in [2.45, 2.75) is 69.9 Å². The number of thiazole rings is 1. The van der Waals surface area contributed by atoms with Crippen LogP contribution in [0.1, 0.15) is 66.6 Å². The number of nitrogens with zero attached hydrogens (tertiary/aromatic N) is 2. The smallest absolute Gasteiger partial charge is 0.278 e. The highest BCUT2D eigenvalue weighted by atomic mass is 32.1. The zero-order valence-corrected chi connectivity index (χ0v) is 23.9. The Bertz CT molecular complexity index is 1450. The Morgan fingerprint density at radius 1 is 1.07 bits per heavy atom. The van der Waals surface area contributed by atoms with Gasteiger partial charge in [0.25, 0.3) is 11.8 Å². The highest BCUT2D eigenvalue weighted by Gasteiger charge is 2.36. The van der Waals surface area contributed by atoms with E-state index in [0.717, 1.165) is 69.0 Å². The number of hydrogen-bond acceptors (Lipinski definition) is 7. The maximum Gasteiger partial charge on any atom is 0.278 e. The van der Waals surface area contributed by atoms with Crippen molar-refractivity contribution in [3.8, 4) is 5.75 Å². The van der Waals surface area contributed by atoms with E-state index < -0.39 is 6.04 Å².